The molecule has 0 N–H and O–H groups in total. The van der Waals surface area contributed by atoms with Gasteiger partial charge >= 0.3 is 0 Å². The molecule has 3 heterocycles. The lowest BCUT2D eigenvalue weighted by molar-refractivity contribution is -0.140. The maximum absolute atomic E-state index is 12.9. The molecule has 3 aromatic rings. The minimum Gasteiger partial charge on any atom is -0.484 e. The van der Waals surface area contributed by atoms with Gasteiger partial charge in [-0.3, -0.25) is 9.59 Å². The van der Waals surface area contributed by atoms with Gasteiger partial charge in [0.25, 0.3) is 5.91 Å². The highest BCUT2D eigenvalue weighted by molar-refractivity contribution is 6.30. The van der Waals surface area contributed by atoms with Gasteiger partial charge in [0, 0.05) is 50.4 Å². The molecule has 0 unspecified atom stereocenters. The molecule has 35 heavy (non-hydrogen) atoms. The summed E-state index contributed by atoms with van der Waals surface area (Å²) in [6, 6.07) is 6.90. The van der Waals surface area contributed by atoms with Gasteiger partial charge in [-0.15, -0.1) is 5.10 Å². The van der Waals surface area contributed by atoms with Crippen LogP contribution in [0.4, 0.5) is 0 Å². The molecule has 1 aliphatic heterocycles. The van der Waals surface area contributed by atoms with E-state index in [0.717, 1.165) is 27.9 Å². The summed E-state index contributed by atoms with van der Waals surface area (Å²) < 4.78 is 12.7. The van der Waals surface area contributed by atoms with Gasteiger partial charge in [0.1, 0.15) is 5.75 Å². The zero-order chi connectivity index (χ0) is 25.1. The standard InChI is InChI=1S/C25H30ClN5O4/c1-16-20(17(2)27-24-23(16)25(34-4)28-29(24)3)9-10-21(32)30-11-13-31(14-12-30)22(33)15-35-19-7-5-18(26)6-8-19/h5-8H,9-15H2,1-4H3. The molecule has 1 aromatic carbocycles. The smallest absolute Gasteiger partial charge is 0.260 e. The summed E-state index contributed by atoms with van der Waals surface area (Å²) in [5.41, 5.74) is 3.75. The third-order valence-electron chi connectivity index (χ3n) is 6.47. The maximum Gasteiger partial charge on any atom is 0.260 e. The summed E-state index contributed by atoms with van der Waals surface area (Å²) in [4.78, 5) is 33.7. The topological polar surface area (TPSA) is 89.8 Å². The third-order valence-corrected chi connectivity index (χ3v) is 6.72. The first-order valence-corrected chi connectivity index (χ1v) is 12.0. The van der Waals surface area contributed by atoms with Crippen molar-refractivity contribution in [1.29, 1.82) is 0 Å². The lowest BCUT2D eigenvalue weighted by Gasteiger charge is -2.34. The molecule has 0 aliphatic carbocycles. The highest BCUT2D eigenvalue weighted by Crippen LogP contribution is 2.30. The van der Waals surface area contributed by atoms with E-state index in [1.54, 1.807) is 41.0 Å². The first kappa shape index (κ1) is 24.8. The van der Waals surface area contributed by atoms with E-state index in [4.69, 9.17) is 26.1 Å². The number of hydrogen-bond acceptors (Lipinski definition) is 6. The van der Waals surface area contributed by atoms with Crippen LogP contribution in [0.25, 0.3) is 11.0 Å². The van der Waals surface area contributed by atoms with Crippen LogP contribution < -0.4 is 9.47 Å². The number of rotatable bonds is 7. The molecule has 0 radical (unpaired) electrons. The molecule has 1 aliphatic rings. The van der Waals surface area contributed by atoms with Crippen LogP contribution >= 0.6 is 11.6 Å². The SMILES string of the molecule is COc1nn(C)c2nc(C)c(CCC(=O)N3CCN(C(=O)COc4ccc(Cl)cc4)CC3)c(C)c12. The van der Waals surface area contributed by atoms with Gasteiger partial charge in [0.2, 0.25) is 11.8 Å². The molecule has 186 valence electrons. The van der Waals surface area contributed by atoms with Crippen molar-refractivity contribution in [2.24, 2.45) is 7.05 Å². The van der Waals surface area contributed by atoms with Crippen molar-refractivity contribution in [3.8, 4) is 11.6 Å². The fourth-order valence-corrected chi connectivity index (χ4v) is 4.60. The summed E-state index contributed by atoms with van der Waals surface area (Å²) in [6.07, 6.45) is 0.969. The van der Waals surface area contributed by atoms with Crippen molar-refractivity contribution >= 4 is 34.4 Å². The second-order valence-corrected chi connectivity index (χ2v) is 9.07. The van der Waals surface area contributed by atoms with E-state index in [0.29, 0.717) is 55.7 Å². The van der Waals surface area contributed by atoms with Crippen molar-refractivity contribution in [3.63, 3.8) is 0 Å². The van der Waals surface area contributed by atoms with Gasteiger partial charge in [0.15, 0.2) is 12.3 Å². The van der Waals surface area contributed by atoms with E-state index in [1.165, 1.54) is 0 Å². The number of halogens is 1. The minimum absolute atomic E-state index is 0.0403. The Hall–Kier alpha value is -3.33. The highest BCUT2D eigenvalue weighted by Gasteiger charge is 2.25. The van der Waals surface area contributed by atoms with Gasteiger partial charge in [0.05, 0.1) is 12.5 Å². The van der Waals surface area contributed by atoms with Crippen LogP contribution in [0.2, 0.25) is 5.02 Å². The Labute approximate surface area is 209 Å². The minimum atomic E-state index is -0.0944. The molecule has 0 atom stereocenters. The Morgan fingerprint density at radius 3 is 2.29 bits per heavy atom. The number of fused-ring (bicyclic) bond motifs is 1. The van der Waals surface area contributed by atoms with Gasteiger partial charge < -0.3 is 19.3 Å². The monoisotopic (exact) mass is 499 g/mol. The largest absolute Gasteiger partial charge is 0.484 e. The summed E-state index contributed by atoms with van der Waals surface area (Å²) in [5, 5.41) is 5.88. The maximum atomic E-state index is 12.9. The molecule has 10 heteroatoms. The first-order valence-electron chi connectivity index (χ1n) is 11.6. The Bertz CT molecular complexity index is 1230. The quantitative estimate of drug-likeness (QED) is 0.496. The van der Waals surface area contributed by atoms with Crippen molar-refractivity contribution in [2.45, 2.75) is 26.7 Å². The number of carbonyl (C=O) groups is 2. The lowest BCUT2D eigenvalue weighted by Crippen LogP contribution is -2.51. The number of aryl methyl sites for hydroxylation is 3. The van der Waals surface area contributed by atoms with E-state index in [2.05, 4.69) is 5.10 Å². The number of hydrogen-bond donors (Lipinski definition) is 0. The first-order chi connectivity index (χ1) is 16.8. The van der Waals surface area contributed by atoms with Crippen LogP contribution in [0.15, 0.2) is 24.3 Å². The van der Waals surface area contributed by atoms with Crippen molar-refractivity contribution in [1.82, 2.24) is 24.6 Å². The Balaban J connectivity index is 1.30. The molecule has 1 saturated heterocycles. The van der Waals surface area contributed by atoms with Gasteiger partial charge in [-0.1, -0.05) is 11.6 Å². The third kappa shape index (κ3) is 5.35. The molecule has 9 nitrogen and oxygen atoms in total. The van der Waals surface area contributed by atoms with Gasteiger partial charge in [-0.05, 0) is 55.7 Å². The predicted molar refractivity (Wildman–Crippen MR) is 133 cm³/mol. The Kier molecular flexibility index (Phi) is 7.45. The highest BCUT2D eigenvalue weighted by atomic mass is 35.5. The van der Waals surface area contributed by atoms with Crippen LogP contribution in [-0.2, 0) is 23.1 Å². The molecular weight excluding hydrogens is 470 g/mol. The summed E-state index contributed by atoms with van der Waals surface area (Å²) in [5.74, 6) is 1.12. The Morgan fingerprint density at radius 1 is 1.03 bits per heavy atom. The second kappa shape index (κ2) is 10.5. The van der Waals surface area contributed by atoms with Crippen molar-refractivity contribution < 1.29 is 19.1 Å². The van der Waals surface area contributed by atoms with Crippen LogP contribution in [0.3, 0.4) is 0 Å². The number of benzene rings is 1. The van der Waals surface area contributed by atoms with Gasteiger partial charge in [-0.25, -0.2) is 9.67 Å². The Morgan fingerprint density at radius 2 is 1.66 bits per heavy atom. The molecule has 2 amide bonds. The van der Waals surface area contributed by atoms with Crippen LogP contribution in [0, 0.1) is 13.8 Å². The number of piperazine rings is 1. The average Bonchev–Trinajstić information content (AvgIpc) is 3.18. The summed E-state index contributed by atoms with van der Waals surface area (Å²) in [7, 11) is 3.44. The number of methoxy groups -OCH3 is 1. The predicted octanol–water partition coefficient (Wildman–Crippen LogP) is 2.93. The second-order valence-electron chi connectivity index (χ2n) is 8.64. The number of ether oxygens (including phenoxy) is 2. The summed E-state index contributed by atoms with van der Waals surface area (Å²) >= 11 is 5.87. The van der Waals surface area contributed by atoms with E-state index >= 15 is 0 Å². The fourth-order valence-electron chi connectivity index (χ4n) is 4.47. The van der Waals surface area contributed by atoms with Crippen LogP contribution in [-0.4, -0.2) is 76.3 Å². The average molecular weight is 500 g/mol. The number of nitrogens with zero attached hydrogens (tertiary/aromatic N) is 5. The number of amides is 2. The van der Waals surface area contributed by atoms with Crippen LogP contribution in [0.5, 0.6) is 11.6 Å². The van der Waals surface area contributed by atoms with Crippen molar-refractivity contribution in [3.05, 3.63) is 46.1 Å². The summed E-state index contributed by atoms with van der Waals surface area (Å²) in [6.45, 7) is 5.95. The van der Waals surface area contributed by atoms with Crippen molar-refractivity contribution in [2.75, 3.05) is 39.9 Å². The zero-order valence-corrected chi connectivity index (χ0v) is 21.3. The number of pyridine rings is 1. The molecule has 0 spiro atoms. The molecule has 2 aromatic heterocycles. The van der Waals surface area contributed by atoms with E-state index < -0.39 is 0 Å². The molecule has 4 rings (SSSR count). The normalized spacial score (nSPS) is 13.9. The number of carbonyl (C=O) groups excluding carboxylic acids is 2. The lowest BCUT2D eigenvalue weighted by atomic mass is 10.00. The fraction of sp³-hybridized carbons (Fsp3) is 0.440. The molecule has 1 fully saturated rings. The van der Waals surface area contributed by atoms with E-state index in [-0.39, 0.29) is 18.4 Å². The molecule has 0 saturated carbocycles. The molecule has 0 bridgehead atoms. The van der Waals surface area contributed by atoms with E-state index in [9.17, 15) is 9.59 Å². The number of aromatic nitrogens is 3. The zero-order valence-electron chi connectivity index (χ0n) is 20.5. The molecular formula is C25H30ClN5O4. The van der Waals surface area contributed by atoms with E-state index in [1.807, 2.05) is 25.8 Å². The van der Waals surface area contributed by atoms with Gasteiger partial charge in [-0.2, -0.15) is 0 Å². The van der Waals surface area contributed by atoms with Crippen LogP contribution in [0.1, 0.15) is 23.2 Å².